The van der Waals surface area contributed by atoms with Crippen LogP contribution in [0.2, 0.25) is 10.0 Å². The molecule has 3 rings (SSSR count). The van der Waals surface area contributed by atoms with Crippen molar-refractivity contribution in [3.05, 3.63) is 38.9 Å². The fourth-order valence-electron chi connectivity index (χ4n) is 2.87. The number of halogens is 2. The molecular weight excluding hydrogens is 329 g/mol. The summed E-state index contributed by atoms with van der Waals surface area (Å²) >= 11 is 11.9. The molecule has 0 saturated heterocycles. The molecule has 5 nitrogen and oxygen atoms in total. The van der Waals surface area contributed by atoms with Crippen molar-refractivity contribution >= 4 is 46.7 Å². The second kappa shape index (κ2) is 5.41. The number of imide groups is 1. The smallest absolute Gasteiger partial charge is 0.338 e. The van der Waals surface area contributed by atoms with Gasteiger partial charge in [0.25, 0.3) is 11.8 Å². The number of carboxylic acid groups (broad SMARTS) is 1. The lowest BCUT2D eigenvalue weighted by Crippen LogP contribution is -2.32. The summed E-state index contributed by atoms with van der Waals surface area (Å²) in [5.41, 5.74) is 0.775. The quantitative estimate of drug-likeness (QED) is 0.837. The van der Waals surface area contributed by atoms with Gasteiger partial charge in [-0.15, -0.1) is 0 Å². The third kappa shape index (κ3) is 2.12. The largest absolute Gasteiger partial charge is 0.478 e. The van der Waals surface area contributed by atoms with Gasteiger partial charge in [0.1, 0.15) is 0 Å². The number of rotatable bonds is 2. The topological polar surface area (TPSA) is 74.7 Å². The monoisotopic (exact) mass is 339 g/mol. The number of hydrogen-bond acceptors (Lipinski definition) is 3. The second-order valence-corrected chi connectivity index (χ2v) is 5.96. The first-order valence-corrected chi connectivity index (χ1v) is 7.51. The molecule has 0 radical (unpaired) electrons. The zero-order valence-corrected chi connectivity index (χ0v) is 12.9. The fourth-order valence-corrected chi connectivity index (χ4v) is 3.49. The number of amides is 2. The van der Waals surface area contributed by atoms with Crippen LogP contribution in [0.3, 0.4) is 0 Å². The van der Waals surface area contributed by atoms with E-state index in [0.717, 1.165) is 17.7 Å². The zero-order valence-electron chi connectivity index (χ0n) is 11.4. The van der Waals surface area contributed by atoms with Gasteiger partial charge in [-0.2, -0.15) is 0 Å². The molecule has 0 aromatic heterocycles. The van der Waals surface area contributed by atoms with Crippen molar-refractivity contribution in [2.24, 2.45) is 0 Å². The summed E-state index contributed by atoms with van der Waals surface area (Å²) in [6, 6.07) is 2.72. The Balaban J connectivity index is 2.10. The van der Waals surface area contributed by atoms with Crippen LogP contribution in [0.4, 0.5) is 5.69 Å². The summed E-state index contributed by atoms with van der Waals surface area (Å²) in [6.45, 7) is 0. The summed E-state index contributed by atoms with van der Waals surface area (Å²) in [5, 5.41) is 8.93. The lowest BCUT2D eigenvalue weighted by atomic mass is 9.93. The highest BCUT2D eigenvalue weighted by atomic mass is 35.5. The van der Waals surface area contributed by atoms with Gasteiger partial charge in [0, 0.05) is 11.1 Å². The molecule has 0 unspecified atom stereocenters. The molecule has 2 amide bonds. The van der Waals surface area contributed by atoms with Gasteiger partial charge in [0.2, 0.25) is 0 Å². The maximum absolute atomic E-state index is 12.5. The minimum absolute atomic E-state index is 0.0435. The van der Waals surface area contributed by atoms with Crippen LogP contribution in [-0.2, 0) is 9.59 Å². The van der Waals surface area contributed by atoms with Crippen molar-refractivity contribution in [1.29, 1.82) is 0 Å². The highest BCUT2D eigenvalue weighted by Gasteiger charge is 2.41. The Morgan fingerprint density at radius 1 is 1.05 bits per heavy atom. The van der Waals surface area contributed by atoms with Crippen molar-refractivity contribution < 1.29 is 19.5 Å². The van der Waals surface area contributed by atoms with E-state index in [1.165, 1.54) is 12.1 Å². The second-order valence-electron chi connectivity index (χ2n) is 5.17. The van der Waals surface area contributed by atoms with Crippen LogP contribution in [0, 0.1) is 0 Å². The molecule has 0 spiro atoms. The Hall–Kier alpha value is -1.85. The first kappa shape index (κ1) is 15.1. The Labute approximate surface area is 136 Å². The predicted octanol–water partition coefficient (Wildman–Crippen LogP) is 3.44. The molecule has 1 aliphatic heterocycles. The molecule has 114 valence electrons. The van der Waals surface area contributed by atoms with E-state index in [0.29, 0.717) is 24.0 Å². The first-order valence-electron chi connectivity index (χ1n) is 6.75. The molecule has 1 aromatic carbocycles. The van der Waals surface area contributed by atoms with E-state index >= 15 is 0 Å². The predicted molar refractivity (Wildman–Crippen MR) is 81.4 cm³/mol. The highest BCUT2D eigenvalue weighted by molar-refractivity contribution is 6.43. The van der Waals surface area contributed by atoms with Crippen molar-refractivity contribution in [3.8, 4) is 0 Å². The maximum atomic E-state index is 12.5. The molecule has 2 aliphatic rings. The van der Waals surface area contributed by atoms with E-state index in [1.807, 2.05) is 0 Å². The number of hydrogen-bond donors (Lipinski definition) is 1. The SMILES string of the molecule is O=C(O)c1c(Cl)ccc(N2C(=O)C3=C(CCCC3)C2=O)c1Cl. The molecule has 22 heavy (non-hydrogen) atoms. The summed E-state index contributed by atoms with van der Waals surface area (Å²) in [5.74, 6) is -2.14. The molecule has 0 atom stereocenters. The van der Waals surface area contributed by atoms with Gasteiger partial charge in [-0.25, -0.2) is 9.69 Å². The van der Waals surface area contributed by atoms with Gasteiger partial charge in [-0.1, -0.05) is 23.2 Å². The van der Waals surface area contributed by atoms with Crippen molar-refractivity contribution in [2.75, 3.05) is 4.90 Å². The number of carbonyl (C=O) groups excluding carboxylic acids is 2. The minimum Gasteiger partial charge on any atom is -0.478 e. The molecule has 0 saturated carbocycles. The summed E-state index contributed by atoms with van der Waals surface area (Å²) in [6.07, 6.45) is 2.85. The van der Waals surface area contributed by atoms with Crippen molar-refractivity contribution in [2.45, 2.75) is 25.7 Å². The third-order valence-corrected chi connectivity index (χ3v) is 4.61. The number of benzene rings is 1. The minimum atomic E-state index is -1.31. The van der Waals surface area contributed by atoms with Crippen LogP contribution in [0.1, 0.15) is 36.0 Å². The normalized spacial score (nSPS) is 18.0. The van der Waals surface area contributed by atoms with Crippen LogP contribution in [0.5, 0.6) is 0 Å². The van der Waals surface area contributed by atoms with Crippen LogP contribution in [-0.4, -0.2) is 22.9 Å². The summed E-state index contributed by atoms with van der Waals surface area (Å²) in [7, 11) is 0. The van der Waals surface area contributed by atoms with Crippen molar-refractivity contribution in [1.82, 2.24) is 0 Å². The molecule has 0 fully saturated rings. The zero-order chi connectivity index (χ0) is 16.0. The number of anilines is 1. The first-order chi connectivity index (χ1) is 10.4. The average Bonchev–Trinajstić information content (AvgIpc) is 2.72. The van der Waals surface area contributed by atoms with E-state index in [2.05, 4.69) is 0 Å². The standard InChI is InChI=1S/C15H11Cl2NO4/c16-9-5-6-10(12(17)11(9)15(21)22)18-13(19)7-3-1-2-4-8(7)14(18)20/h5-6H,1-4H2,(H,21,22). The molecule has 1 aromatic rings. The molecular formula is C15H11Cl2NO4. The van der Waals surface area contributed by atoms with E-state index in [1.54, 1.807) is 0 Å². The van der Waals surface area contributed by atoms with Gasteiger partial charge < -0.3 is 5.11 Å². The van der Waals surface area contributed by atoms with Crippen LogP contribution in [0.25, 0.3) is 0 Å². The molecule has 7 heteroatoms. The Morgan fingerprint density at radius 3 is 2.09 bits per heavy atom. The molecule has 0 bridgehead atoms. The van der Waals surface area contributed by atoms with Crippen LogP contribution < -0.4 is 4.90 Å². The van der Waals surface area contributed by atoms with E-state index in [4.69, 9.17) is 23.2 Å². The van der Waals surface area contributed by atoms with Crippen LogP contribution >= 0.6 is 23.2 Å². The Bertz CT molecular complexity index is 726. The Morgan fingerprint density at radius 2 is 1.59 bits per heavy atom. The number of carboxylic acids is 1. The van der Waals surface area contributed by atoms with Gasteiger partial charge in [-0.3, -0.25) is 9.59 Å². The number of nitrogens with zero attached hydrogens (tertiary/aromatic N) is 1. The van der Waals surface area contributed by atoms with E-state index < -0.39 is 17.8 Å². The van der Waals surface area contributed by atoms with Gasteiger partial charge in [-0.05, 0) is 37.8 Å². The van der Waals surface area contributed by atoms with Crippen molar-refractivity contribution in [3.63, 3.8) is 0 Å². The lowest BCUT2D eigenvalue weighted by Gasteiger charge is -2.18. The molecule has 1 N–H and O–H groups in total. The van der Waals surface area contributed by atoms with Gasteiger partial charge in [0.05, 0.1) is 21.3 Å². The Kier molecular flexibility index (Phi) is 3.70. The van der Waals surface area contributed by atoms with E-state index in [-0.39, 0.29) is 21.3 Å². The lowest BCUT2D eigenvalue weighted by molar-refractivity contribution is -0.120. The molecule has 1 heterocycles. The summed E-state index contributed by atoms with van der Waals surface area (Å²) < 4.78 is 0. The highest BCUT2D eigenvalue weighted by Crippen LogP contribution is 2.40. The fraction of sp³-hybridized carbons (Fsp3) is 0.267. The van der Waals surface area contributed by atoms with E-state index in [9.17, 15) is 19.5 Å². The van der Waals surface area contributed by atoms with Gasteiger partial charge >= 0.3 is 5.97 Å². The average molecular weight is 340 g/mol. The van der Waals surface area contributed by atoms with Crippen LogP contribution in [0.15, 0.2) is 23.3 Å². The van der Waals surface area contributed by atoms with Gasteiger partial charge in [0.15, 0.2) is 0 Å². The maximum Gasteiger partial charge on any atom is 0.338 e. The number of aromatic carboxylic acids is 1. The number of carbonyl (C=O) groups is 3. The molecule has 1 aliphatic carbocycles. The third-order valence-electron chi connectivity index (χ3n) is 3.92. The summed E-state index contributed by atoms with van der Waals surface area (Å²) in [4.78, 5) is 37.2.